The number of methoxy groups -OCH3 is 1. The third kappa shape index (κ3) is 3.48. The Morgan fingerprint density at radius 2 is 2.24 bits per heavy atom. The van der Waals surface area contributed by atoms with E-state index >= 15 is 0 Å². The predicted octanol–water partition coefficient (Wildman–Crippen LogP) is 2.38. The molecule has 2 aromatic rings. The second-order valence-electron chi connectivity index (χ2n) is 4.16. The van der Waals surface area contributed by atoms with Crippen molar-refractivity contribution in [3.8, 4) is 5.75 Å². The number of rotatable bonds is 6. The number of thiophene rings is 1. The molecule has 0 radical (unpaired) electrons. The van der Waals surface area contributed by atoms with Crippen LogP contribution in [-0.4, -0.2) is 17.9 Å². The van der Waals surface area contributed by atoms with Crippen molar-refractivity contribution in [2.75, 3.05) is 12.4 Å². The van der Waals surface area contributed by atoms with E-state index in [0.717, 1.165) is 4.88 Å². The first-order chi connectivity index (χ1) is 10.0. The molecular formula is C13H13N3O4S. The third-order valence-corrected chi connectivity index (χ3v) is 3.72. The van der Waals surface area contributed by atoms with Gasteiger partial charge in [-0.25, -0.2) is 0 Å². The quantitative estimate of drug-likeness (QED) is 0.629. The minimum atomic E-state index is -0.481. The van der Waals surface area contributed by atoms with Crippen LogP contribution in [0.15, 0.2) is 29.6 Å². The number of non-ortho nitro benzene ring substituents is 1. The van der Waals surface area contributed by atoms with Crippen LogP contribution in [-0.2, 0) is 6.54 Å². The van der Waals surface area contributed by atoms with Crippen LogP contribution in [0.4, 0.5) is 11.4 Å². The highest BCUT2D eigenvalue weighted by Crippen LogP contribution is 2.29. The number of nitrogens with two attached hydrogens (primary N) is 1. The normalized spacial score (nSPS) is 10.1. The van der Waals surface area contributed by atoms with Gasteiger partial charge in [0.25, 0.3) is 5.69 Å². The fourth-order valence-corrected chi connectivity index (χ4v) is 2.54. The molecule has 0 bridgehead atoms. The van der Waals surface area contributed by atoms with E-state index in [-0.39, 0.29) is 5.69 Å². The van der Waals surface area contributed by atoms with Crippen LogP contribution in [0.5, 0.6) is 5.75 Å². The van der Waals surface area contributed by atoms with Crippen molar-refractivity contribution < 1.29 is 14.5 Å². The Balaban J connectivity index is 2.11. The van der Waals surface area contributed by atoms with Crippen molar-refractivity contribution >= 4 is 28.6 Å². The summed E-state index contributed by atoms with van der Waals surface area (Å²) >= 11 is 1.41. The van der Waals surface area contributed by atoms with Gasteiger partial charge in [0, 0.05) is 22.9 Å². The Kier molecular flexibility index (Phi) is 4.39. The van der Waals surface area contributed by atoms with E-state index in [9.17, 15) is 14.9 Å². The molecule has 1 aromatic heterocycles. The van der Waals surface area contributed by atoms with E-state index in [2.05, 4.69) is 5.32 Å². The molecular weight excluding hydrogens is 294 g/mol. The van der Waals surface area contributed by atoms with E-state index in [4.69, 9.17) is 10.5 Å². The minimum absolute atomic E-state index is 0.0375. The SMILES string of the molecule is COc1cc([N+](=O)[O-])ccc1NCc1cc(C(N)=O)cs1. The van der Waals surface area contributed by atoms with Crippen LogP contribution in [0.2, 0.25) is 0 Å². The maximum Gasteiger partial charge on any atom is 0.273 e. The molecule has 0 aliphatic carbocycles. The zero-order chi connectivity index (χ0) is 15.4. The lowest BCUT2D eigenvalue weighted by molar-refractivity contribution is -0.384. The van der Waals surface area contributed by atoms with Crippen molar-refractivity contribution in [1.29, 1.82) is 0 Å². The first-order valence-electron chi connectivity index (χ1n) is 5.94. The Morgan fingerprint density at radius 1 is 1.48 bits per heavy atom. The van der Waals surface area contributed by atoms with Gasteiger partial charge in [0.1, 0.15) is 5.75 Å². The van der Waals surface area contributed by atoms with Crippen molar-refractivity contribution in [2.24, 2.45) is 5.73 Å². The summed E-state index contributed by atoms with van der Waals surface area (Å²) in [6, 6.07) is 6.04. The maximum absolute atomic E-state index is 11.0. The van der Waals surface area contributed by atoms with E-state index in [1.807, 2.05) is 0 Å². The molecule has 0 fully saturated rings. The second kappa shape index (κ2) is 6.23. The molecule has 110 valence electrons. The second-order valence-corrected chi connectivity index (χ2v) is 5.16. The number of hydrogen-bond donors (Lipinski definition) is 2. The first kappa shape index (κ1) is 14.8. The standard InChI is InChI=1S/C13H13N3O4S/c1-20-12-5-9(16(18)19)2-3-11(12)15-6-10-4-8(7-21-10)13(14)17/h2-5,7,15H,6H2,1H3,(H2,14,17). The number of benzene rings is 1. The van der Waals surface area contributed by atoms with Gasteiger partial charge in [-0.3, -0.25) is 14.9 Å². The average Bonchev–Trinajstić information content (AvgIpc) is 2.93. The molecule has 0 spiro atoms. The summed E-state index contributed by atoms with van der Waals surface area (Å²) in [6.45, 7) is 0.464. The van der Waals surface area contributed by atoms with Gasteiger partial charge in [0.2, 0.25) is 5.91 Å². The number of amides is 1. The Bertz CT molecular complexity index is 684. The smallest absolute Gasteiger partial charge is 0.273 e. The zero-order valence-corrected chi connectivity index (χ0v) is 12.0. The molecule has 3 N–H and O–H groups in total. The first-order valence-corrected chi connectivity index (χ1v) is 6.82. The summed E-state index contributed by atoms with van der Waals surface area (Å²) in [5.74, 6) is -0.0821. The Labute approximate surface area is 124 Å². The number of ether oxygens (including phenoxy) is 1. The molecule has 0 unspecified atom stereocenters. The number of carbonyl (C=O) groups excluding carboxylic acids is 1. The number of nitrogens with one attached hydrogen (secondary N) is 1. The lowest BCUT2D eigenvalue weighted by atomic mass is 10.2. The third-order valence-electron chi connectivity index (χ3n) is 2.79. The van der Waals surface area contributed by atoms with E-state index < -0.39 is 10.8 Å². The number of nitrogens with zero attached hydrogens (tertiary/aromatic N) is 1. The number of nitro benzene ring substituents is 1. The highest BCUT2D eigenvalue weighted by Gasteiger charge is 2.11. The molecule has 1 aromatic carbocycles. The van der Waals surface area contributed by atoms with Crippen LogP contribution < -0.4 is 15.8 Å². The van der Waals surface area contributed by atoms with Crippen LogP contribution in [0.25, 0.3) is 0 Å². The lowest BCUT2D eigenvalue weighted by Crippen LogP contribution is -2.09. The molecule has 8 heteroatoms. The fraction of sp³-hybridized carbons (Fsp3) is 0.154. The molecule has 0 saturated carbocycles. The molecule has 21 heavy (non-hydrogen) atoms. The molecule has 0 aliphatic rings. The largest absolute Gasteiger partial charge is 0.494 e. The van der Waals surface area contributed by atoms with Crippen LogP contribution >= 0.6 is 11.3 Å². The molecule has 7 nitrogen and oxygen atoms in total. The zero-order valence-electron chi connectivity index (χ0n) is 11.2. The van der Waals surface area contributed by atoms with Gasteiger partial charge in [0.15, 0.2) is 0 Å². The Hall–Kier alpha value is -2.61. The number of carbonyl (C=O) groups is 1. The van der Waals surface area contributed by atoms with Crippen LogP contribution in [0.1, 0.15) is 15.2 Å². The number of anilines is 1. The van der Waals surface area contributed by atoms with Crippen molar-refractivity contribution in [3.05, 3.63) is 50.2 Å². The number of hydrogen-bond acceptors (Lipinski definition) is 6. The van der Waals surface area contributed by atoms with Crippen molar-refractivity contribution in [2.45, 2.75) is 6.54 Å². The topological polar surface area (TPSA) is 107 Å². The average molecular weight is 307 g/mol. The monoisotopic (exact) mass is 307 g/mol. The number of nitro groups is 1. The molecule has 2 rings (SSSR count). The maximum atomic E-state index is 11.0. The highest BCUT2D eigenvalue weighted by molar-refractivity contribution is 7.10. The van der Waals surface area contributed by atoms with Gasteiger partial charge in [0.05, 0.1) is 29.4 Å². The molecule has 1 amide bonds. The summed E-state index contributed by atoms with van der Waals surface area (Å²) in [7, 11) is 1.45. The van der Waals surface area contributed by atoms with E-state index in [1.54, 1.807) is 17.5 Å². The van der Waals surface area contributed by atoms with Crippen LogP contribution in [0, 0.1) is 10.1 Å². The minimum Gasteiger partial charge on any atom is -0.494 e. The van der Waals surface area contributed by atoms with Gasteiger partial charge in [-0.1, -0.05) is 0 Å². The van der Waals surface area contributed by atoms with Crippen LogP contribution in [0.3, 0.4) is 0 Å². The van der Waals surface area contributed by atoms with E-state index in [1.165, 1.54) is 30.6 Å². The van der Waals surface area contributed by atoms with Gasteiger partial charge in [-0.05, 0) is 12.1 Å². The molecule has 0 saturated heterocycles. The van der Waals surface area contributed by atoms with Gasteiger partial charge in [-0.15, -0.1) is 11.3 Å². The highest BCUT2D eigenvalue weighted by atomic mass is 32.1. The predicted molar refractivity (Wildman–Crippen MR) is 79.8 cm³/mol. The summed E-state index contributed by atoms with van der Waals surface area (Å²) in [4.78, 5) is 22.2. The Morgan fingerprint density at radius 3 is 2.81 bits per heavy atom. The summed E-state index contributed by atoms with van der Waals surface area (Å²) in [6.07, 6.45) is 0. The molecule has 0 aliphatic heterocycles. The van der Waals surface area contributed by atoms with E-state index in [0.29, 0.717) is 23.5 Å². The molecule has 0 atom stereocenters. The van der Waals surface area contributed by atoms with Gasteiger partial charge < -0.3 is 15.8 Å². The lowest BCUT2D eigenvalue weighted by Gasteiger charge is -2.10. The van der Waals surface area contributed by atoms with Crippen molar-refractivity contribution in [1.82, 2.24) is 0 Å². The fourth-order valence-electron chi connectivity index (χ4n) is 1.72. The summed E-state index contributed by atoms with van der Waals surface area (Å²) in [5.41, 5.74) is 6.25. The number of primary amides is 1. The summed E-state index contributed by atoms with van der Waals surface area (Å²) < 4.78 is 5.13. The van der Waals surface area contributed by atoms with Gasteiger partial charge >= 0.3 is 0 Å². The molecule has 1 heterocycles. The summed E-state index contributed by atoms with van der Waals surface area (Å²) in [5, 5.41) is 15.5. The van der Waals surface area contributed by atoms with Crippen molar-refractivity contribution in [3.63, 3.8) is 0 Å². The van der Waals surface area contributed by atoms with Gasteiger partial charge in [-0.2, -0.15) is 0 Å².